The van der Waals surface area contributed by atoms with Crippen LogP contribution in [0.25, 0.3) is 33.5 Å². The van der Waals surface area contributed by atoms with Crippen molar-refractivity contribution in [2.75, 3.05) is 49.8 Å². The van der Waals surface area contributed by atoms with Crippen molar-refractivity contribution >= 4 is 39.8 Å². The van der Waals surface area contributed by atoms with Crippen LogP contribution in [-0.2, 0) is 24.8 Å². The number of carbonyl (C=O) groups excluding carboxylic acids is 1. The minimum atomic E-state index is -0.270. The van der Waals surface area contributed by atoms with Crippen molar-refractivity contribution in [3.05, 3.63) is 78.9 Å². The number of nitrogens with zero attached hydrogens (tertiary/aromatic N) is 7. The molecular formula is C34H39N9O. The van der Waals surface area contributed by atoms with Crippen LogP contribution >= 0.6 is 0 Å². The maximum absolute atomic E-state index is 12.4. The number of rotatable bonds is 10. The van der Waals surface area contributed by atoms with Gasteiger partial charge in [0.15, 0.2) is 0 Å². The third-order valence-electron chi connectivity index (χ3n) is 8.26. The first-order valence-corrected chi connectivity index (χ1v) is 14.9. The summed E-state index contributed by atoms with van der Waals surface area (Å²) in [5.41, 5.74) is 8.78. The van der Waals surface area contributed by atoms with E-state index in [-0.39, 0.29) is 5.91 Å². The molecule has 10 nitrogen and oxygen atoms in total. The zero-order valence-electron chi connectivity index (χ0n) is 26.1. The Kier molecular flexibility index (Phi) is 7.92. The van der Waals surface area contributed by atoms with Gasteiger partial charge in [-0.2, -0.15) is 0 Å². The molecule has 226 valence electrons. The molecule has 6 rings (SSSR count). The van der Waals surface area contributed by atoms with Gasteiger partial charge in [0.1, 0.15) is 5.82 Å². The molecule has 1 aliphatic rings. The Hall–Kier alpha value is -4.96. The van der Waals surface area contributed by atoms with E-state index in [9.17, 15) is 4.79 Å². The van der Waals surface area contributed by atoms with E-state index in [0.29, 0.717) is 11.6 Å². The fourth-order valence-corrected chi connectivity index (χ4v) is 5.90. The van der Waals surface area contributed by atoms with Gasteiger partial charge in [-0.25, -0.2) is 15.0 Å². The maximum Gasteiger partial charge on any atom is 0.247 e. The van der Waals surface area contributed by atoms with Crippen LogP contribution in [0.4, 0.5) is 23.0 Å². The Morgan fingerprint density at radius 3 is 2.70 bits per heavy atom. The van der Waals surface area contributed by atoms with Gasteiger partial charge in [-0.1, -0.05) is 24.8 Å². The van der Waals surface area contributed by atoms with Gasteiger partial charge in [0.2, 0.25) is 11.9 Å². The van der Waals surface area contributed by atoms with Crippen LogP contribution in [0.2, 0.25) is 0 Å². The van der Waals surface area contributed by atoms with Gasteiger partial charge in [-0.15, -0.1) is 0 Å². The minimum Gasteiger partial charge on any atom is -0.372 e. The van der Waals surface area contributed by atoms with Crippen molar-refractivity contribution in [3.8, 4) is 22.6 Å². The molecule has 0 spiro atoms. The van der Waals surface area contributed by atoms with Crippen molar-refractivity contribution in [1.29, 1.82) is 0 Å². The molecule has 0 fully saturated rings. The van der Waals surface area contributed by atoms with Crippen LogP contribution in [-0.4, -0.2) is 69.1 Å². The van der Waals surface area contributed by atoms with E-state index in [1.807, 2.05) is 58.1 Å². The first-order valence-electron chi connectivity index (χ1n) is 14.9. The number of aromatic nitrogens is 5. The lowest BCUT2D eigenvalue weighted by Gasteiger charge is -2.25. The lowest BCUT2D eigenvalue weighted by molar-refractivity contribution is -0.111. The summed E-state index contributed by atoms with van der Waals surface area (Å²) in [4.78, 5) is 31.2. The molecule has 0 saturated heterocycles. The molecule has 10 heteroatoms. The Balaban J connectivity index is 1.44. The van der Waals surface area contributed by atoms with E-state index >= 15 is 0 Å². The molecule has 0 saturated carbocycles. The summed E-state index contributed by atoms with van der Waals surface area (Å²) in [6.07, 6.45) is 11.3. The summed E-state index contributed by atoms with van der Waals surface area (Å²) < 4.78 is 4.34. The topological polar surface area (TPSA) is 96.1 Å². The Morgan fingerprint density at radius 1 is 1.11 bits per heavy atom. The molecule has 4 heterocycles. The number of imidazole rings is 1. The highest BCUT2D eigenvalue weighted by Crippen LogP contribution is 2.39. The Morgan fingerprint density at radius 2 is 1.95 bits per heavy atom. The predicted octanol–water partition coefficient (Wildman–Crippen LogP) is 5.62. The summed E-state index contributed by atoms with van der Waals surface area (Å²) >= 11 is 0. The zero-order chi connectivity index (χ0) is 31.0. The van der Waals surface area contributed by atoms with Crippen LogP contribution < -0.4 is 15.5 Å². The molecule has 0 atom stereocenters. The van der Waals surface area contributed by atoms with Gasteiger partial charge in [-0.05, 0) is 63.2 Å². The SMILES string of the molecule is C=CC(=O)Nc1cc(Nc2ncc(-c3nccn3C)c(-c3cn4c5c(cccc35)CCC4)n2)c(C)cc1N(C)CCN(C)C. The molecule has 1 aliphatic heterocycles. The van der Waals surface area contributed by atoms with Gasteiger partial charge in [0, 0.05) is 75.2 Å². The standard InChI is InChI=1S/C34H39N9O/c1-7-30(44)37-28-19-27(22(2)18-29(28)41(5)17-16-40(3)4)38-34-36-20-25(33-35-13-15-42(33)6)31(39-34)26-21-43-14-9-11-23-10-8-12-24(26)32(23)43/h7-8,10,12-13,15,18-21H,1,9,11,14,16-17H2,2-6H3,(H,37,44)(H,36,38,39). The van der Waals surface area contributed by atoms with Gasteiger partial charge in [0.05, 0.1) is 28.1 Å². The third-order valence-corrected chi connectivity index (χ3v) is 8.26. The smallest absolute Gasteiger partial charge is 0.247 e. The predicted molar refractivity (Wildman–Crippen MR) is 179 cm³/mol. The molecule has 5 aromatic rings. The fourth-order valence-electron chi connectivity index (χ4n) is 5.90. The summed E-state index contributed by atoms with van der Waals surface area (Å²) in [6, 6.07) is 10.6. The average Bonchev–Trinajstić information content (AvgIpc) is 3.62. The Bertz CT molecular complexity index is 1870. The van der Waals surface area contributed by atoms with Gasteiger partial charge in [-0.3, -0.25) is 4.79 Å². The fraction of sp³-hybridized carbons (Fsp3) is 0.294. The number of para-hydroxylation sites is 1. The van der Waals surface area contributed by atoms with Crippen LogP contribution in [0.15, 0.2) is 67.8 Å². The highest BCUT2D eigenvalue weighted by molar-refractivity contribution is 6.02. The second kappa shape index (κ2) is 12.0. The van der Waals surface area contributed by atoms with Gasteiger partial charge < -0.3 is 29.6 Å². The van der Waals surface area contributed by atoms with Crippen LogP contribution in [0.3, 0.4) is 0 Å². The highest BCUT2D eigenvalue weighted by atomic mass is 16.1. The molecule has 0 bridgehead atoms. The number of benzene rings is 2. The largest absolute Gasteiger partial charge is 0.372 e. The summed E-state index contributed by atoms with van der Waals surface area (Å²) in [5.74, 6) is 0.991. The van der Waals surface area contributed by atoms with Crippen LogP contribution in [0, 0.1) is 6.92 Å². The molecule has 0 radical (unpaired) electrons. The van der Waals surface area contributed by atoms with Crippen molar-refractivity contribution in [2.24, 2.45) is 7.05 Å². The number of amides is 1. The molecular weight excluding hydrogens is 550 g/mol. The number of hydrogen-bond donors (Lipinski definition) is 2. The lowest BCUT2D eigenvalue weighted by Crippen LogP contribution is -2.29. The summed E-state index contributed by atoms with van der Waals surface area (Å²) in [5, 5.41) is 7.62. The van der Waals surface area contributed by atoms with E-state index in [2.05, 4.69) is 67.0 Å². The van der Waals surface area contributed by atoms with Crippen molar-refractivity contribution < 1.29 is 4.79 Å². The molecule has 2 aromatic carbocycles. The van der Waals surface area contributed by atoms with E-state index in [1.165, 1.54) is 22.5 Å². The maximum atomic E-state index is 12.4. The summed E-state index contributed by atoms with van der Waals surface area (Å²) in [7, 11) is 8.10. The second-order valence-corrected chi connectivity index (χ2v) is 11.7. The number of hydrogen-bond acceptors (Lipinski definition) is 7. The zero-order valence-corrected chi connectivity index (χ0v) is 26.1. The molecule has 1 amide bonds. The normalized spacial score (nSPS) is 12.5. The number of carbonyl (C=O) groups is 1. The van der Waals surface area contributed by atoms with Crippen LogP contribution in [0.1, 0.15) is 17.5 Å². The van der Waals surface area contributed by atoms with Gasteiger partial charge in [0.25, 0.3) is 0 Å². The average molecular weight is 590 g/mol. The number of anilines is 4. The second-order valence-electron chi connectivity index (χ2n) is 11.7. The van der Waals surface area contributed by atoms with E-state index in [1.54, 1.807) is 6.20 Å². The molecule has 44 heavy (non-hydrogen) atoms. The first kappa shape index (κ1) is 29.1. The number of nitrogens with one attached hydrogen (secondary N) is 2. The van der Waals surface area contributed by atoms with E-state index in [4.69, 9.17) is 9.97 Å². The van der Waals surface area contributed by atoms with E-state index in [0.717, 1.165) is 72.1 Å². The molecule has 0 aliphatic carbocycles. The summed E-state index contributed by atoms with van der Waals surface area (Å²) in [6.45, 7) is 8.33. The molecule has 2 N–H and O–H groups in total. The van der Waals surface area contributed by atoms with Crippen molar-refractivity contribution in [2.45, 2.75) is 26.3 Å². The Labute approximate surface area is 258 Å². The van der Waals surface area contributed by atoms with Crippen molar-refractivity contribution in [3.63, 3.8) is 0 Å². The lowest BCUT2D eigenvalue weighted by atomic mass is 10.0. The number of aryl methyl sites for hydroxylation is 4. The molecule has 0 unspecified atom stereocenters. The van der Waals surface area contributed by atoms with Crippen LogP contribution in [0.5, 0.6) is 0 Å². The van der Waals surface area contributed by atoms with E-state index < -0.39 is 0 Å². The quantitative estimate of drug-likeness (QED) is 0.204. The van der Waals surface area contributed by atoms with Gasteiger partial charge >= 0.3 is 0 Å². The highest BCUT2D eigenvalue weighted by Gasteiger charge is 2.23. The first-order chi connectivity index (χ1) is 21.2. The third kappa shape index (κ3) is 5.56. The van der Waals surface area contributed by atoms with Crippen molar-refractivity contribution in [1.82, 2.24) is 29.0 Å². The minimum absolute atomic E-state index is 0.270. The molecule has 3 aromatic heterocycles. The monoisotopic (exact) mass is 589 g/mol. The number of likely N-dealkylation sites (N-methyl/N-ethyl adjacent to an activating group) is 2.